The molecule has 2 unspecified atom stereocenters. The normalized spacial score (nSPS) is 36.9. The Morgan fingerprint density at radius 2 is 2.29 bits per heavy atom. The van der Waals surface area contributed by atoms with E-state index in [0.717, 1.165) is 6.42 Å². The van der Waals surface area contributed by atoms with Crippen LogP contribution >= 0.6 is 6.49 Å². The van der Waals surface area contributed by atoms with E-state index in [1.165, 1.54) is 0 Å². The van der Waals surface area contributed by atoms with Crippen molar-refractivity contribution in [2.24, 2.45) is 0 Å². The van der Waals surface area contributed by atoms with Crippen LogP contribution in [0.4, 0.5) is 0 Å². The van der Waals surface area contributed by atoms with Crippen LogP contribution in [0.5, 0.6) is 0 Å². The van der Waals surface area contributed by atoms with Gasteiger partial charge in [0.25, 0.3) is 0 Å². The first-order valence-electron chi connectivity index (χ1n) is 4.89. The molecule has 0 bridgehead atoms. The minimum absolute atomic E-state index is 0.0222. The van der Waals surface area contributed by atoms with E-state index in [1.807, 2.05) is 13.8 Å². The third-order valence-electron chi connectivity index (χ3n) is 2.33. The second-order valence-electron chi connectivity index (χ2n) is 3.45. The molecule has 1 aliphatic heterocycles. The van der Waals surface area contributed by atoms with E-state index < -0.39 is 6.49 Å². The van der Waals surface area contributed by atoms with Crippen molar-refractivity contribution in [2.75, 3.05) is 6.16 Å². The molecule has 0 aromatic heterocycles. The lowest BCUT2D eigenvalue weighted by atomic mass is 9.96. The summed E-state index contributed by atoms with van der Waals surface area (Å²) >= 11 is 4.97. The average Bonchev–Trinajstić information content (AvgIpc) is 2.45. The molecule has 0 aromatic carbocycles. The zero-order chi connectivity index (χ0) is 10.8. The van der Waals surface area contributed by atoms with Gasteiger partial charge in [-0.2, -0.15) is 0 Å². The third kappa shape index (κ3) is 3.32. The topological polar surface area (TPSA) is 38.7 Å². The smallest absolute Gasteiger partial charge is 0.186 e. The zero-order valence-corrected chi connectivity index (χ0v) is 10.3. The van der Waals surface area contributed by atoms with E-state index in [4.69, 9.17) is 28.9 Å². The minimum atomic E-state index is -2.60. The molecule has 6 heteroatoms. The Hall–Kier alpha value is 0.595. The Kier molecular flexibility index (Phi) is 4.60. The number of ether oxygens (including phenoxy) is 1. The van der Waals surface area contributed by atoms with Crippen LogP contribution in [0.2, 0.25) is 0 Å². The fourth-order valence-corrected chi connectivity index (χ4v) is 2.63. The van der Waals surface area contributed by atoms with Crippen LogP contribution in [0.3, 0.4) is 0 Å². The highest BCUT2D eigenvalue weighted by Gasteiger charge is 2.34. The quantitative estimate of drug-likeness (QED) is 0.589. The number of hydrogen-bond acceptors (Lipinski definition) is 3. The van der Waals surface area contributed by atoms with Crippen molar-refractivity contribution in [3.63, 3.8) is 0 Å². The summed E-state index contributed by atoms with van der Waals surface area (Å²) in [4.78, 5) is 9.69. The summed E-state index contributed by atoms with van der Waals surface area (Å²) in [5, 5.41) is 0. The number of hydrogen-bond donors (Lipinski definition) is 1. The van der Waals surface area contributed by atoms with E-state index in [1.54, 1.807) is 0 Å². The van der Waals surface area contributed by atoms with Crippen molar-refractivity contribution in [1.82, 2.24) is 0 Å². The first-order chi connectivity index (χ1) is 6.48. The molecular formula is C8H16BO3PS. The van der Waals surface area contributed by atoms with E-state index in [9.17, 15) is 4.89 Å². The fourth-order valence-electron chi connectivity index (χ4n) is 1.50. The molecular weight excluding hydrogens is 218 g/mol. The monoisotopic (exact) mass is 234 g/mol. The van der Waals surface area contributed by atoms with Crippen LogP contribution in [0.15, 0.2) is 0 Å². The van der Waals surface area contributed by atoms with Crippen molar-refractivity contribution in [1.29, 1.82) is 0 Å². The first-order valence-corrected chi connectivity index (χ1v) is 7.75. The van der Waals surface area contributed by atoms with Gasteiger partial charge in [-0.1, -0.05) is 13.8 Å². The average molecular weight is 234 g/mol. The van der Waals surface area contributed by atoms with Crippen molar-refractivity contribution in [3.8, 4) is 0 Å². The maximum absolute atomic E-state index is 9.69. The van der Waals surface area contributed by atoms with Gasteiger partial charge in [0.05, 0.1) is 12.2 Å². The van der Waals surface area contributed by atoms with Crippen LogP contribution in [0.25, 0.3) is 0 Å². The Morgan fingerprint density at radius 3 is 2.79 bits per heavy atom. The van der Waals surface area contributed by atoms with E-state index >= 15 is 0 Å². The van der Waals surface area contributed by atoms with E-state index in [2.05, 4.69) is 0 Å². The molecule has 1 N–H and O–H groups in total. The molecule has 1 saturated heterocycles. The lowest BCUT2D eigenvalue weighted by molar-refractivity contribution is 0.0403. The zero-order valence-electron chi connectivity index (χ0n) is 8.55. The first kappa shape index (κ1) is 12.7. The fraction of sp³-hybridized carbons (Fsp3) is 1.00. The Labute approximate surface area is 91.8 Å². The van der Waals surface area contributed by atoms with Crippen LogP contribution < -0.4 is 0 Å². The molecule has 0 spiro atoms. The summed E-state index contributed by atoms with van der Waals surface area (Å²) in [5.74, 6) is 0. The van der Waals surface area contributed by atoms with Crippen LogP contribution in [-0.4, -0.2) is 37.1 Å². The maximum Gasteiger partial charge on any atom is 0.186 e. The van der Waals surface area contributed by atoms with Gasteiger partial charge < -0.3 is 14.2 Å². The second kappa shape index (κ2) is 5.08. The Balaban J connectivity index is 2.55. The van der Waals surface area contributed by atoms with Crippen molar-refractivity contribution in [3.05, 3.63) is 0 Å². The molecule has 1 fully saturated rings. The molecule has 1 heterocycles. The highest BCUT2D eigenvalue weighted by Crippen LogP contribution is 2.46. The van der Waals surface area contributed by atoms with Gasteiger partial charge in [-0.15, -0.1) is 0 Å². The molecule has 1 aliphatic rings. The SMILES string of the molecule is [B][C@H]1CC(OP(O)(=S)CC)[C@@H](CC)O1. The summed E-state index contributed by atoms with van der Waals surface area (Å²) in [7, 11) is 5.65. The van der Waals surface area contributed by atoms with Gasteiger partial charge in [0.2, 0.25) is 0 Å². The van der Waals surface area contributed by atoms with E-state index in [-0.39, 0.29) is 18.2 Å². The van der Waals surface area contributed by atoms with Gasteiger partial charge in [-0.25, -0.2) is 0 Å². The van der Waals surface area contributed by atoms with Crippen LogP contribution in [0.1, 0.15) is 26.7 Å². The summed E-state index contributed by atoms with van der Waals surface area (Å²) in [6.07, 6.45) is 1.79. The largest absolute Gasteiger partial charge is 0.382 e. The maximum atomic E-state index is 9.69. The van der Waals surface area contributed by atoms with Crippen LogP contribution in [-0.2, 0) is 21.1 Å². The van der Waals surface area contributed by atoms with Gasteiger partial charge in [0, 0.05) is 12.2 Å². The van der Waals surface area contributed by atoms with Gasteiger partial charge in [0.15, 0.2) is 6.49 Å². The Morgan fingerprint density at radius 1 is 1.64 bits per heavy atom. The van der Waals surface area contributed by atoms with Gasteiger partial charge in [0.1, 0.15) is 7.85 Å². The lowest BCUT2D eigenvalue weighted by Crippen LogP contribution is -2.22. The molecule has 80 valence electrons. The third-order valence-corrected chi connectivity index (χ3v) is 4.76. The summed E-state index contributed by atoms with van der Waals surface area (Å²) in [6.45, 7) is 1.23. The second-order valence-corrected chi connectivity index (χ2v) is 7.28. The standard InChI is InChI=1S/C8H16BO3PS/c1-3-6-7(5-8(9)11-6)12-13(10,14)4-2/h6-8H,3-5H2,1-2H3,(H,10,14)/t6-,7?,8-,13?/m1/s1. The van der Waals surface area contributed by atoms with Crippen molar-refractivity contribution in [2.45, 2.75) is 44.9 Å². The summed E-state index contributed by atoms with van der Waals surface area (Å²) in [5.41, 5.74) is 0. The molecule has 14 heavy (non-hydrogen) atoms. The highest BCUT2D eigenvalue weighted by atomic mass is 32.5. The number of rotatable bonds is 4. The predicted octanol–water partition coefficient (Wildman–Crippen LogP) is 1.39. The van der Waals surface area contributed by atoms with Gasteiger partial charge in [-0.05, 0) is 24.6 Å². The molecule has 0 aromatic rings. The molecule has 0 saturated carbocycles. The lowest BCUT2D eigenvalue weighted by Gasteiger charge is -2.22. The molecule has 2 radical (unpaired) electrons. The van der Waals surface area contributed by atoms with Crippen molar-refractivity contribution >= 4 is 26.1 Å². The molecule has 4 atom stereocenters. The van der Waals surface area contributed by atoms with Crippen molar-refractivity contribution < 1.29 is 14.2 Å². The molecule has 1 rings (SSSR count). The van der Waals surface area contributed by atoms with Gasteiger partial charge in [-0.3, -0.25) is 0 Å². The van der Waals surface area contributed by atoms with Gasteiger partial charge >= 0.3 is 0 Å². The van der Waals surface area contributed by atoms with E-state index in [0.29, 0.717) is 12.6 Å². The minimum Gasteiger partial charge on any atom is -0.382 e. The Bertz CT molecular complexity index is 239. The molecule has 0 amide bonds. The summed E-state index contributed by atoms with van der Waals surface area (Å²) in [6, 6.07) is -0.281. The predicted molar refractivity (Wildman–Crippen MR) is 61.2 cm³/mol. The molecule has 3 nitrogen and oxygen atoms in total. The molecule has 0 aliphatic carbocycles. The highest BCUT2D eigenvalue weighted by molar-refractivity contribution is 8.09. The van der Waals surface area contributed by atoms with Crippen LogP contribution in [0, 0.1) is 0 Å². The summed E-state index contributed by atoms with van der Waals surface area (Å²) < 4.78 is 10.9.